The Hall–Kier alpha value is -0.610. The van der Waals surface area contributed by atoms with Gasteiger partial charge in [0.15, 0.2) is 0 Å². The number of aliphatic hydroxyl groups is 1. The molecule has 2 unspecified atom stereocenters. The Morgan fingerprint density at radius 3 is 2.40 bits per heavy atom. The number of nitrogens with one attached hydrogen (secondary N) is 1. The van der Waals surface area contributed by atoms with E-state index in [1.165, 1.54) is 0 Å². The monoisotopic (exact) mass is 217 g/mol. The minimum Gasteiger partial charge on any atom is -0.465 e. The summed E-state index contributed by atoms with van der Waals surface area (Å²) in [5, 5.41) is 12.2. The van der Waals surface area contributed by atoms with Crippen LogP contribution in [0.5, 0.6) is 0 Å². The zero-order chi connectivity index (χ0) is 11.8. The van der Waals surface area contributed by atoms with Crippen LogP contribution in [0.2, 0.25) is 0 Å². The molecular formula is C11H23NO3. The molecule has 0 saturated carbocycles. The Labute approximate surface area is 92.0 Å². The second-order valence-corrected chi connectivity index (χ2v) is 3.87. The highest BCUT2D eigenvalue weighted by Crippen LogP contribution is 2.09. The minimum absolute atomic E-state index is 0.211. The van der Waals surface area contributed by atoms with Crippen LogP contribution < -0.4 is 5.32 Å². The van der Waals surface area contributed by atoms with Gasteiger partial charge in [-0.15, -0.1) is 0 Å². The highest BCUT2D eigenvalue weighted by Gasteiger charge is 2.24. The molecule has 4 nitrogen and oxygen atoms in total. The lowest BCUT2D eigenvalue weighted by Gasteiger charge is -2.23. The fraction of sp³-hybridized carbons (Fsp3) is 0.909. The van der Waals surface area contributed by atoms with Gasteiger partial charge in [-0.25, -0.2) is 0 Å². The van der Waals surface area contributed by atoms with Crippen molar-refractivity contribution in [2.75, 3.05) is 13.2 Å². The first-order valence-electron chi connectivity index (χ1n) is 5.60. The third-order valence-corrected chi connectivity index (χ3v) is 2.39. The van der Waals surface area contributed by atoms with Crippen LogP contribution in [0.1, 0.15) is 34.1 Å². The maximum Gasteiger partial charge on any atom is 0.323 e. The van der Waals surface area contributed by atoms with E-state index in [0.29, 0.717) is 13.2 Å². The molecule has 15 heavy (non-hydrogen) atoms. The molecule has 0 amide bonds. The predicted molar refractivity (Wildman–Crippen MR) is 59.6 cm³/mol. The Kier molecular flexibility index (Phi) is 7.34. The molecule has 0 rings (SSSR count). The number of carbonyl (C=O) groups is 1. The average Bonchev–Trinajstić information content (AvgIpc) is 2.17. The van der Waals surface area contributed by atoms with Gasteiger partial charge in [-0.05, 0) is 19.8 Å². The molecule has 2 N–H and O–H groups in total. The Morgan fingerprint density at radius 2 is 2.00 bits per heavy atom. The van der Waals surface area contributed by atoms with Crippen molar-refractivity contribution in [3.8, 4) is 0 Å². The Balaban J connectivity index is 4.23. The minimum atomic E-state index is -0.453. The molecular weight excluding hydrogens is 194 g/mol. The molecule has 0 heterocycles. The van der Waals surface area contributed by atoms with Gasteiger partial charge in [0.25, 0.3) is 0 Å². The van der Waals surface area contributed by atoms with Crippen LogP contribution in [0, 0.1) is 5.92 Å². The zero-order valence-electron chi connectivity index (χ0n) is 10.1. The van der Waals surface area contributed by atoms with E-state index >= 15 is 0 Å². The second-order valence-electron chi connectivity index (χ2n) is 3.87. The number of hydrogen-bond acceptors (Lipinski definition) is 4. The lowest BCUT2D eigenvalue weighted by Crippen LogP contribution is -2.45. The van der Waals surface area contributed by atoms with E-state index < -0.39 is 6.10 Å². The number of rotatable bonds is 7. The standard InChI is InChI=1S/C11H23NO3/c1-5-8(3)10(11(14)15-6-2)12-7-9(4)13/h8-10,12-13H,5-7H2,1-4H3/t8?,9?,10-/m0/s1. The first-order chi connectivity index (χ1) is 7.02. The van der Waals surface area contributed by atoms with Crippen molar-refractivity contribution in [2.45, 2.75) is 46.3 Å². The van der Waals surface area contributed by atoms with E-state index in [9.17, 15) is 4.79 Å². The molecule has 0 aromatic rings. The van der Waals surface area contributed by atoms with Gasteiger partial charge in [-0.2, -0.15) is 0 Å². The van der Waals surface area contributed by atoms with E-state index in [-0.39, 0.29) is 17.9 Å². The fourth-order valence-electron chi connectivity index (χ4n) is 1.28. The van der Waals surface area contributed by atoms with Crippen molar-refractivity contribution >= 4 is 5.97 Å². The summed E-state index contributed by atoms with van der Waals surface area (Å²) in [5.41, 5.74) is 0. The molecule has 0 aromatic heterocycles. The number of carbonyl (C=O) groups excluding carboxylic acids is 1. The summed E-state index contributed by atoms with van der Waals surface area (Å²) in [5.74, 6) is -0.0182. The molecule has 0 fully saturated rings. The molecule has 0 aliphatic rings. The Morgan fingerprint density at radius 1 is 1.40 bits per heavy atom. The van der Waals surface area contributed by atoms with Gasteiger partial charge in [-0.1, -0.05) is 20.3 Å². The molecule has 0 aromatic carbocycles. The van der Waals surface area contributed by atoms with Crippen LogP contribution in [0.25, 0.3) is 0 Å². The molecule has 0 radical (unpaired) electrons. The lowest BCUT2D eigenvalue weighted by atomic mass is 9.99. The van der Waals surface area contributed by atoms with Crippen LogP contribution in [0.15, 0.2) is 0 Å². The van der Waals surface area contributed by atoms with Gasteiger partial charge < -0.3 is 15.2 Å². The summed E-state index contributed by atoms with van der Waals surface area (Å²) < 4.78 is 4.98. The maximum atomic E-state index is 11.6. The van der Waals surface area contributed by atoms with Crippen molar-refractivity contribution in [1.29, 1.82) is 0 Å². The molecule has 90 valence electrons. The number of esters is 1. The van der Waals surface area contributed by atoms with E-state index in [1.54, 1.807) is 13.8 Å². The molecule has 4 heteroatoms. The summed E-state index contributed by atoms with van der Waals surface area (Å²) >= 11 is 0. The van der Waals surface area contributed by atoms with E-state index in [4.69, 9.17) is 9.84 Å². The highest BCUT2D eigenvalue weighted by molar-refractivity contribution is 5.76. The first-order valence-corrected chi connectivity index (χ1v) is 5.60. The lowest BCUT2D eigenvalue weighted by molar-refractivity contribution is -0.147. The summed E-state index contributed by atoms with van der Waals surface area (Å²) in [6.07, 6.45) is 0.446. The van der Waals surface area contributed by atoms with Crippen molar-refractivity contribution in [1.82, 2.24) is 5.32 Å². The van der Waals surface area contributed by atoms with Gasteiger partial charge in [0.05, 0.1) is 12.7 Å². The van der Waals surface area contributed by atoms with Crippen LogP contribution in [-0.4, -0.2) is 36.4 Å². The van der Waals surface area contributed by atoms with Crippen LogP contribution in [-0.2, 0) is 9.53 Å². The number of aliphatic hydroxyl groups excluding tert-OH is 1. The SMILES string of the molecule is CCOC(=O)[C@@H](NCC(C)O)C(C)CC. The highest BCUT2D eigenvalue weighted by atomic mass is 16.5. The maximum absolute atomic E-state index is 11.6. The quantitative estimate of drug-likeness (QED) is 0.623. The Bertz CT molecular complexity index is 183. The fourth-order valence-corrected chi connectivity index (χ4v) is 1.28. The third kappa shape index (κ3) is 5.74. The normalized spacial score (nSPS) is 16.9. The molecule has 3 atom stereocenters. The van der Waals surface area contributed by atoms with E-state index in [0.717, 1.165) is 6.42 Å². The number of ether oxygens (including phenoxy) is 1. The summed E-state index contributed by atoms with van der Waals surface area (Å²) in [4.78, 5) is 11.6. The first kappa shape index (κ1) is 14.4. The van der Waals surface area contributed by atoms with Crippen molar-refractivity contribution < 1.29 is 14.6 Å². The summed E-state index contributed by atoms with van der Waals surface area (Å²) in [6.45, 7) is 8.31. The molecule has 0 saturated heterocycles. The average molecular weight is 217 g/mol. The molecule has 0 aliphatic heterocycles. The molecule has 0 aliphatic carbocycles. The van der Waals surface area contributed by atoms with Crippen molar-refractivity contribution in [3.05, 3.63) is 0 Å². The number of hydrogen-bond donors (Lipinski definition) is 2. The largest absolute Gasteiger partial charge is 0.465 e. The van der Waals surface area contributed by atoms with Crippen molar-refractivity contribution in [2.24, 2.45) is 5.92 Å². The third-order valence-electron chi connectivity index (χ3n) is 2.39. The topological polar surface area (TPSA) is 58.6 Å². The van der Waals surface area contributed by atoms with Crippen LogP contribution in [0.3, 0.4) is 0 Å². The second kappa shape index (κ2) is 7.65. The van der Waals surface area contributed by atoms with E-state index in [1.807, 2.05) is 13.8 Å². The van der Waals surface area contributed by atoms with Crippen molar-refractivity contribution in [3.63, 3.8) is 0 Å². The van der Waals surface area contributed by atoms with Crippen LogP contribution in [0.4, 0.5) is 0 Å². The van der Waals surface area contributed by atoms with Gasteiger partial charge in [0.2, 0.25) is 0 Å². The van der Waals surface area contributed by atoms with Gasteiger partial charge in [0, 0.05) is 6.54 Å². The van der Waals surface area contributed by atoms with Gasteiger partial charge in [0.1, 0.15) is 6.04 Å². The summed E-state index contributed by atoms with van der Waals surface area (Å²) in [6, 6.07) is -0.315. The summed E-state index contributed by atoms with van der Waals surface area (Å²) in [7, 11) is 0. The smallest absolute Gasteiger partial charge is 0.323 e. The van der Waals surface area contributed by atoms with Gasteiger partial charge in [-0.3, -0.25) is 4.79 Å². The molecule has 0 bridgehead atoms. The van der Waals surface area contributed by atoms with Crippen LogP contribution >= 0.6 is 0 Å². The van der Waals surface area contributed by atoms with Gasteiger partial charge >= 0.3 is 5.97 Å². The van der Waals surface area contributed by atoms with E-state index in [2.05, 4.69) is 5.32 Å². The molecule has 0 spiro atoms. The predicted octanol–water partition coefficient (Wildman–Crippen LogP) is 0.935. The zero-order valence-corrected chi connectivity index (χ0v) is 10.1.